The van der Waals surface area contributed by atoms with Gasteiger partial charge in [0, 0.05) is 12.5 Å². The van der Waals surface area contributed by atoms with Gasteiger partial charge >= 0.3 is 0 Å². The third kappa shape index (κ3) is 2.36. The third-order valence-corrected chi connectivity index (χ3v) is 3.05. The zero-order chi connectivity index (χ0) is 9.80. The molecule has 0 bridgehead atoms. The molecule has 1 heteroatoms. The van der Waals surface area contributed by atoms with Crippen LogP contribution in [-0.4, -0.2) is 25.0 Å². The molecule has 2 rings (SSSR count). The largest absolute Gasteiger partial charge is 0.305 e. The predicted octanol–water partition coefficient (Wildman–Crippen LogP) is 2.77. The quantitative estimate of drug-likeness (QED) is 0.566. The monoisotopic (exact) mass is 189 g/mol. The summed E-state index contributed by atoms with van der Waals surface area (Å²) < 4.78 is 0. The minimum Gasteiger partial charge on any atom is -0.305 e. The Labute approximate surface area is 86.8 Å². The zero-order valence-electron chi connectivity index (χ0n) is 8.95. The first-order valence-corrected chi connectivity index (χ1v) is 5.60. The molecular formula is C13H19N. The van der Waals surface area contributed by atoms with Crippen LogP contribution < -0.4 is 0 Å². The smallest absolute Gasteiger partial charge is 0.0145 e. The summed E-state index contributed by atoms with van der Waals surface area (Å²) in [7, 11) is 2.23. The van der Waals surface area contributed by atoms with Crippen molar-refractivity contribution in [1.29, 1.82) is 0 Å². The highest BCUT2D eigenvalue weighted by Crippen LogP contribution is 2.22. The molecule has 76 valence electrons. The summed E-state index contributed by atoms with van der Waals surface area (Å²) in [4.78, 5) is 2.45. The molecule has 1 heterocycles. The van der Waals surface area contributed by atoms with Crippen LogP contribution in [0, 0.1) is 5.92 Å². The van der Waals surface area contributed by atoms with Crippen molar-refractivity contribution >= 4 is 0 Å². The molecular weight excluding hydrogens is 170 g/mol. The summed E-state index contributed by atoms with van der Waals surface area (Å²) in [6.07, 6.45) is 15.3. The third-order valence-electron chi connectivity index (χ3n) is 3.05. The number of allylic oxidation sites excluding steroid dienone is 4. The predicted molar refractivity (Wildman–Crippen MR) is 61.2 cm³/mol. The van der Waals surface area contributed by atoms with E-state index in [4.69, 9.17) is 0 Å². The first-order chi connectivity index (χ1) is 6.86. The molecule has 0 amide bonds. The molecule has 1 aliphatic carbocycles. The van der Waals surface area contributed by atoms with E-state index in [0.29, 0.717) is 5.92 Å². The maximum atomic E-state index is 2.45. The summed E-state index contributed by atoms with van der Waals surface area (Å²) in [5.74, 6) is 0.628. The van der Waals surface area contributed by atoms with Gasteiger partial charge in [-0.25, -0.2) is 0 Å². The average Bonchev–Trinajstić information content (AvgIpc) is 2.27. The van der Waals surface area contributed by atoms with E-state index in [1.165, 1.54) is 37.9 Å². The number of hydrogen-bond donors (Lipinski definition) is 0. The average molecular weight is 189 g/mol. The van der Waals surface area contributed by atoms with Crippen molar-refractivity contribution < 1.29 is 0 Å². The van der Waals surface area contributed by atoms with E-state index in [2.05, 4.69) is 42.3 Å². The number of rotatable bonds is 0. The Morgan fingerprint density at radius 2 is 2.21 bits per heavy atom. The van der Waals surface area contributed by atoms with E-state index in [1.807, 2.05) is 0 Å². The van der Waals surface area contributed by atoms with Gasteiger partial charge in [-0.05, 0) is 38.4 Å². The highest BCUT2D eigenvalue weighted by molar-refractivity contribution is 5.33. The van der Waals surface area contributed by atoms with Gasteiger partial charge in [-0.2, -0.15) is 0 Å². The summed E-state index contributed by atoms with van der Waals surface area (Å²) in [6, 6.07) is 0. The van der Waals surface area contributed by atoms with Crippen molar-refractivity contribution in [2.45, 2.75) is 19.3 Å². The Bertz CT molecular complexity index is 273. The van der Waals surface area contributed by atoms with Gasteiger partial charge in [0.15, 0.2) is 0 Å². The van der Waals surface area contributed by atoms with Gasteiger partial charge in [-0.3, -0.25) is 0 Å². The number of fused-ring (bicyclic) bond motifs is 1. The Kier molecular flexibility index (Phi) is 3.20. The first-order valence-electron chi connectivity index (χ1n) is 5.60. The Hall–Kier alpha value is -0.820. The topological polar surface area (TPSA) is 3.24 Å². The molecule has 0 N–H and O–H groups in total. The van der Waals surface area contributed by atoms with Crippen molar-refractivity contribution in [2.75, 3.05) is 20.1 Å². The van der Waals surface area contributed by atoms with E-state index in [0.717, 1.165) is 0 Å². The minimum atomic E-state index is 0.628. The van der Waals surface area contributed by atoms with Gasteiger partial charge < -0.3 is 4.90 Å². The Morgan fingerprint density at radius 1 is 1.29 bits per heavy atom. The van der Waals surface area contributed by atoms with Crippen molar-refractivity contribution in [3.63, 3.8) is 0 Å². The molecule has 0 saturated carbocycles. The lowest BCUT2D eigenvalue weighted by Gasteiger charge is -2.23. The molecule has 0 fully saturated rings. The van der Waals surface area contributed by atoms with Gasteiger partial charge in [0.25, 0.3) is 0 Å². The lowest BCUT2D eigenvalue weighted by atomic mass is 9.93. The van der Waals surface area contributed by atoms with Crippen molar-refractivity contribution in [3.05, 3.63) is 36.0 Å². The van der Waals surface area contributed by atoms with Crippen LogP contribution in [0.3, 0.4) is 0 Å². The molecule has 0 radical (unpaired) electrons. The highest BCUT2D eigenvalue weighted by atomic mass is 15.1. The molecule has 1 aliphatic heterocycles. The van der Waals surface area contributed by atoms with Crippen molar-refractivity contribution in [2.24, 2.45) is 5.92 Å². The molecule has 0 spiro atoms. The fraction of sp³-hybridized carbons (Fsp3) is 0.538. The zero-order valence-corrected chi connectivity index (χ0v) is 8.95. The lowest BCUT2D eigenvalue weighted by Crippen LogP contribution is -2.26. The fourth-order valence-electron chi connectivity index (χ4n) is 2.21. The molecule has 1 unspecified atom stereocenters. The van der Waals surface area contributed by atoms with Crippen LogP contribution in [0.2, 0.25) is 0 Å². The number of nitrogens with zero attached hydrogens (tertiary/aromatic N) is 1. The van der Waals surface area contributed by atoms with E-state index in [-0.39, 0.29) is 0 Å². The fourth-order valence-corrected chi connectivity index (χ4v) is 2.21. The Balaban J connectivity index is 2.13. The second-order valence-electron chi connectivity index (χ2n) is 4.31. The van der Waals surface area contributed by atoms with Crippen molar-refractivity contribution in [1.82, 2.24) is 4.90 Å². The van der Waals surface area contributed by atoms with Gasteiger partial charge in [-0.1, -0.05) is 30.4 Å². The Morgan fingerprint density at radius 3 is 3.14 bits per heavy atom. The molecule has 1 nitrogen and oxygen atoms in total. The molecule has 0 saturated heterocycles. The maximum absolute atomic E-state index is 2.45. The molecule has 0 aromatic carbocycles. The van der Waals surface area contributed by atoms with Gasteiger partial charge in [-0.15, -0.1) is 0 Å². The maximum Gasteiger partial charge on any atom is 0.0145 e. The van der Waals surface area contributed by atoms with Crippen molar-refractivity contribution in [3.8, 4) is 0 Å². The van der Waals surface area contributed by atoms with Crippen LogP contribution in [0.1, 0.15) is 19.3 Å². The minimum absolute atomic E-state index is 0.628. The molecule has 0 aromatic heterocycles. The van der Waals surface area contributed by atoms with E-state index in [9.17, 15) is 0 Å². The lowest BCUT2D eigenvalue weighted by molar-refractivity contribution is 0.311. The number of hydrogen-bond acceptors (Lipinski definition) is 1. The summed E-state index contributed by atoms with van der Waals surface area (Å²) in [6.45, 7) is 2.42. The van der Waals surface area contributed by atoms with Crippen LogP contribution in [0.5, 0.6) is 0 Å². The van der Waals surface area contributed by atoms with Crippen LogP contribution >= 0.6 is 0 Å². The van der Waals surface area contributed by atoms with Crippen LogP contribution in [0.15, 0.2) is 36.0 Å². The van der Waals surface area contributed by atoms with Gasteiger partial charge in [0.2, 0.25) is 0 Å². The highest BCUT2D eigenvalue weighted by Gasteiger charge is 2.14. The molecule has 14 heavy (non-hydrogen) atoms. The van der Waals surface area contributed by atoms with Gasteiger partial charge in [0.05, 0.1) is 0 Å². The summed E-state index contributed by atoms with van der Waals surface area (Å²) >= 11 is 0. The second-order valence-corrected chi connectivity index (χ2v) is 4.31. The van der Waals surface area contributed by atoms with Crippen LogP contribution in [-0.2, 0) is 0 Å². The van der Waals surface area contributed by atoms with E-state index in [1.54, 1.807) is 0 Å². The molecule has 2 aliphatic rings. The summed E-state index contributed by atoms with van der Waals surface area (Å²) in [5.41, 5.74) is 1.52. The normalized spacial score (nSPS) is 32.4. The first kappa shape index (κ1) is 9.72. The van der Waals surface area contributed by atoms with Gasteiger partial charge in [0.1, 0.15) is 0 Å². The second kappa shape index (κ2) is 4.61. The van der Waals surface area contributed by atoms with E-state index >= 15 is 0 Å². The standard InChI is InChI=1S/C13H19N/c1-14-10-6-2-3-7-12-8-4-5-9-13(12)11-14/h4-5,7-9,13H,2-3,6,10-11H2,1H3/b12-7+. The SMILES string of the molecule is CN1CCCC/C=C2\C=CC=CC2C1. The summed E-state index contributed by atoms with van der Waals surface area (Å²) in [5, 5.41) is 0. The van der Waals surface area contributed by atoms with Crippen LogP contribution in [0.25, 0.3) is 0 Å². The molecule has 0 aromatic rings. The van der Waals surface area contributed by atoms with Crippen LogP contribution in [0.4, 0.5) is 0 Å². The van der Waals surface area contributed by atoms with E-state index < -0.39 is 0 Å². The molecule has 1 atom stereocenters.